The molecule has 2 heterocycles. The molecule has 3 rings (SSSR count). The van der Waals surface area contributed by atoms with E-state index >= 15 is 0 Å². The van der Waals surface area contributed by atoms with Gasteiger partial charge in [0.05, 0.1) is 11.0 Å². The van der Waals surface area contributed by atoms with Crippen molar-refractivity contribution < 1.29 is 13.2 Å². The minimum atomic E-state index is -3.40. The lowest BCUT2D eigenvalue weighted by Gasteiger charge is -2.37. The standard InChI is InChI=1S/C16H23NO3S/c1-11-4-7-16(12(2)8-11)21(18,19)17-13-5-6-14(17)10-15(9-13)20-3/h4,7-8,13-15H,5-6,9-10H2,1-3H3. The summed E-state index contributed by atoms with van der Waals surface area (Å²) >= 11 is 0. The summed E-state index contributed by atoms with van der Waals surface area (Å²) in [6.45, 7) is 3.86. The molecule has 0 aliphatic carbocycles. The molecular formula is C16H23NO3S. The minimum absolute atomic E-state index is 0.0967. The predicted molar refractivity (Wildman–Crippen MR) is 81.8 cm³/mol. The van der Waals surface area contributed by atoms with Gasteiger partial charge < -0.3 is 4.74 Å². The van der Waals surface area contributed by atoms with Gasteiger partial charge in [-0.25, -0.2) is 8.42 Å². The van der Waals surface area contributed by atoms with Gasteiger partial charge in [-0.3, -0.25) is 0 Å². The van der Waals surface area contributed by atoms with Crippen molar-refractivity contribution in [3.05, 3.63) is 29.3 Å². The van der Waals surface area contributed by atoms with Crippen molar-refractivity contribution in [3.8, 4) is 0 Å². The van der Waals surface area contributed by atoms with Gasteiger partial charge in [-0.2, -0.15) is 4.31 Å². The molecule has 4 nitrogen and oxygen atoms in total. The Labute approximate surface area is 127 Å². The third-order valence-electron chi connectivity index (χ3n) is 4.84. The molecule has 2 aliphatic heterocycles. The SMILES string of the molecule is COC1CC2CCC(C1)N2S(=O)(=O)c1ccc(C)cc1C. The van der Waals surface area contributed by atoms with E-state index < -0.39 is 10.0 Å². The summed E-state index contributed by atoms with van der Waals surface area (Å²) in [5.41, 5.74) is 1.93. The number of ether oxygens (including phenoxy) is 1. The smallest absolute Gasteiger partial charge is 0.243 e. The Morgan fingerprint density at radius 1 is 1.14 bits per heavy atom. The number of fused-ring (bicyclic) bond motifs is 2. The van der Waals surface area contributed by atoms with Crippen molar-refractivity contribution >= 4 is 10.0 Å². The van der Waals surface area contributed by atoms with Crippen molar-refractivity contribution in [1.29, 1.82) is 0 Å². The third-order valence-corrected chi connectivity index (χ3v) is 7.01. The zero-order valence-electron chi connectivity index (χ0n) is 12.9. The van der Waals surface area contributed by atoms with Gasteiger partial charge in [-0.15, -0.1) is 0 Å². The van der Waals surface area contributed by atoms with E-state index in [4.69, 9.17) is 4.74 Å². The summed E-state index contributed by atoms with van der Waals surface area (Å²) in [6, 6.07) is 5.77. The Morgan fingerprint density at radius 2 is 1.76 bits per heavy atom. The number of piperidine rings is 1. The monoisotopic (exact) mass is 309 g/mol. The van der Waals surface area contributed by atoms with Crippen LogP contribution in [0.25, 0.3) is 0 Å². The van der Waals surface area contributed by atoms with Gasteiger partial charge in [-0.05, 0) is 51.2 Å². The minimum Gasteiger partial charge on any atom is -0.381 e. The lowest BCUT2D eigenvalue weighted by molar-refractivity contribution is 0.0349. The van der Waals surface area contributed by atoms with E-state index in [0.717, 1.165) is 36.8 Å². The first kappa shape index (κ1) is 15.0. The van der Waals surface area contributed by atoms with Crippen molar-refractivity contribution in [2.24, 2.45) is 0 Å². The molecule has 0 spiro atoms. The number of sulfonamides is 1. The molecule has 21 heavy (non-hydrogen) atoms. The second kappa shape index (κ2) is 5.38. The van der Waals surface area contributed by atoms with Crippen LogP contribution in [0.15, 0.2) is 23.1 Å². The highest BCUT2D eigenvalue weighted by Gasteiger charge is 2.47. The lowest BCUT2D eigenvalue weighted by atomic mass is 10.0. The fraction of sp³-hybridized carbons (Fsp3) is 0.625. The molecule has 2 bridgehead atoms. The van der Waals surface area contributed by atoms with Crippen molar-refractivity contribution in [2.75, 3.05) is 7.11 Å². The molecule has 116 valence electrons. The molecule has 0 saturated carbocycles. The van der Waals surface area contributed by atoms with Crippen LogP contribution >= 0.6 is 0 Å². The van der Waals surface area contributed by atoms with E-state index in [2.05, 4.69) is 0 Å². The maximum atomic E-state index is 13.1. The first-order valence-electron chi connectivity index (χ1n) is 7.57. The second-order valence-electron chi connectivity index (χ2n) is 6.32. The van der Waals surface area contributed by atoms with Gasteiger partial charge >= 0.3 is 0 Å². The van der Waals surface area contributed by atoms with Crippen LogP contribution in [0.5, 0.6) is 0 Å². The topological polar surface area (TPSA) is 46.6 Å². The highest BCUT2D eigenvalue weighted by atomic mass is 32.2. The van der Waals surface area contributed by atoms with E-state index in [0.29, 0.717) is 4.90 Å². The average Bonchev–Trinajstić information content (AvgIpc) is 2.70. The van der Waals surface area contributed by atoms with Crippen LogP contribution in [0.4, 0.5) is 0 Å². The van der Waals surface area contributed by atoms with Crippen molar-refractivity contribution in [1.82, 2.24) is 4.31 Å². The van der Waals surface area contributed by atoms with Crippen molar-refractivity contribution in [3.63, 3.8) is 0 Å². The van der Waals surface area contributed by atoms with Crippen LogP contribution in [-0.4, -0.2) is 38.0 Å². The van der Waals surface area contributed by atoms with Crippen LogP contribution < -0.4 is 0 Å². The van der Waals surface area contributed by atoms with E-state index in [1.165, 1.54) is 0 Å². The van der Waals surface area contributed by atoms with Gasteiger partial charge in [0, 0.05) is 19.2 Å². The second-order valence-corrected chi connectivity index (χ2v) is 8.13. The highest BCUT2D eigenvalue weighted by Crippen LogP contribution is 2.41. The number of aryl methyl sites for hydroxylation is 2. The van der Waals surface area contributed by atoms with E-state index in [1.807, 2.05) is 26.0 Å². The number of hydrogen-bond acceptors (Lipinski definition) is 3. The van der Waals surface area contributed by atoms with Gasteiger partial charge in [0.15, 0.2) is 0 Å². The number of rotatable bonds is 3. The molecule has 0 aromatic heterocycles. The Morgan fingerprint density at radius 3 is 2.29 bits per heavy atom. The van der Waals surface area contributed by atoms with E-state index in [9.17, 15) is 8.42 Å². The fourth-order valence-electron chi connectivity index (χ4n) is 3.87. The molecule has 0 radical (unpaired) electrons. The largest absolute Gasteiger partial charge is 0.381 e. The molecule has 0 amide bonds. The Bertz CT molecular complexity index is 627. The maximum Gasteiger partial charge on any atom is 0.243 e. The quantitative estimate of drug-likeness (QED) is 0.862. The Hall–Kier alpha value is -0.910. The highest BCUT2D eigenvalue weighted by molar-refractivity contribution is 7.89. The van der Waals surface area contributed by atoms with Crippen LogP contribution in [0, 0.1) is 13.8 Å². The summed E-state index contributed by atoms with van der Waals surface area (Å²) in [4.78, 5) is 0.459. The number of nitrogens with zero attached hydrogens (tertiary/aromatic N) is 1. The summed E-state index contributed by atoms with van der Waals surface area (Å²) in [5.74, 6) is 0. The fourth-order valence-corrected chi connectivity index (χ4v) is 5.97. The molecule has 2 atom stereocenters. The van der Waals surface area contributed by atoms with Crippen molar-refractivity contribution in [2.45, 2.75) is 62.6 Å². The van der Waals surface area contributed by atoms with Crippen LogP contribution in [0.1, 0.15) is 36.8 Å². The summed E-state index contributed by atoms with van der Waals surface area (Å²) in [7, 11) is -1.68. The number of benzene rings is 1. The zero-order valence-corrected chi connectivity index (χ0v) is 13.7. The van der Waals surface area contributed by atoms with Crippen LogP contribution in [0.3, 0.4) is 0 Å². The van der Waals surface area contributed by atoms with E-state index in [-0.39, 0.29) is 18.2 Å². The van der Waals surface area contributed by atoms with Crippen LogP contribution in [0.2, 0.25) is 0 Å². The molecule has 2 unspecified atom stereocenters. The van der Waals surface area contributed by atoms with Gasteiger partial charge in [0.1, 0.15) is 0 Å². The van der Waals surface area contributed by atoms with Gasteiger partial charge in [0.25, 0.3) is 0 Å². The molecule has 2 fully saturated rings. The van der Waals surface area contributed by atoms with Gasteiger partial charge in [-0.1, -0.05) is 17.7 Å². The first-order chi connectivity index (χ1) is 9.93. The molecule has 2 aliphatic rings. The molecule has 0 N–H and O–H groups in total. The lowest BCUT2D eigenvalue weighted by Crippen LogP contribution is -2.48. The normalized spacial score (nSPS) is 29.8. The number of methoxy groups -OCH3 is 1. The average molecular weight is 309 g/mol. The molecular weight excluding hydrogens is 286 g/mol. The van der Waals surface area contributed by atoms with Gasteiger partial charge in [0.2, 0.25) is 10.0 Å². The molecule has 5 heteroatoms. The summed E-state index contributed by atoms with van der Waals surface area (Å²) in [6.07, 6.45) is 3.74. The number of hydrogen-bond donors (Lipinski definition) is 0. The molecule has 2 saturated heterocycles. The molecule has 1 aromatic rings. The first-order valence-corrected chi connectivity index (χ1v) is 9.01. The summed E-state index contributed by atoms with van der Waals surface area (Å²) in [5, 5.41) is 0. The zero-order chi connectivity index (χ0) is 15.2. The summed E-state index contributed by atoms with van der Waals surface area (Å²) < 4.78 is 33.3. The molecule has 1 aromatic carbocycles. The predicted octanol–water partition coefficient (Wildman–Crippen LogP) is 2.63. The third kappa shape index (κ3) is 2.51. The maximum absolute atomic E-state index is 13.1. The Kier molecular flexibility index (Phi) is 3.84. The Balaban J connectivity index is 1.96. The van der Waals surface area contributed by atoms with Crippen LogP contribution in [-0.2, 0) is 14.8 Å². The van der Waals surface area contributed by atoms with E-state index in [1.54, 1.807) is 17.5 Å².